The molecular formula is C13H26N2O4. The molecule has 6 nitrogen and oxygen atoms in total. The molecule has 6 heteroatoms. The van der Waals surface area contributed by atoms with E-state index in [4.69, 9.17) is 5.11 Å². The summed E-state index contributed by atoms with van der Waals surface area (Å²) in [7, 11) is 0. The smallest absolute Gasteiger partial charge is 0.328 e. The van der Waals surface area contributed by atoms with Crippen molar-refractivity contribution in [1.29, 1.82) is 0 Å². The maximum Gasteiger partial charge on any atom is 0.328 e. The number of unbranched alkanes of at least 4 members (excludes halogenated alkanes) is 2. The second kappa shape index (κ2) is 8.74. The number of carbonyl (C=O) groups is 2. The first-order chi connectivity index (χ1) is 8.81. The van der Waals surface area contributed by atoms with E-state index in [1.807, 2.05) is 13.8 Å². The van der Waals surface area contributed by atoms with E-state index in [0.29, 0.717) is 6.54 Å². The number of carboxylic acids is 1. The second-order valence-electron chi connectivity index (χ2n) is 5.00. The van der Waals surface area contributed by atoms with Crippen molar-refractivity contribution in [1.82, 2.24) is 10.2 Å². The molecule has 0 saturated carbocycles. The number of nitrogens with one attached hydrogen (secondary N) is 1. The van der Waals surface area contributed by atoms with Crippen molar-refractivity contribution in [2.75, 3.05) is 6.54 Å². The van der Waals surface area contributed by atoms with Gasteiger partial charge >= 0.3 is 12.0 Å². The SMILES string of the molecule is CCCCCN(C(=O)N[C@H](C(=O)O)[C@@H](C)O)C(C)C. The molecule has 0 radical (unpaired) electrons. The molecule has 0 bridgehead atoms. The maximum atomic E-state index is 12.0. The Balaban J connectivity index is 4.58. The second-order valence-corrected chi connectivity index (χ2v) is 5.00. The minimum absolute atomic E-state index is 0.0136. The highest BCUT2D eigenvalue weighted by molar-refractivity contribution is 5.83. The van der Waals surface area contributed by atoms with Crippen LogP contribution >= 0.6 is 0 Å². The molecule has 0 aliphatic heterocycles. The van der Waals surface area contributed by atoms with E-state index in [2.05, 4.69) is 12.2 Å². The summed E-state index contributed by atoms with van der Waals surface area (Å²) in [6.07, 6.45) is 1.83. The van der Waals surface area contributed by atoms with Gasteiger partial charge in [0, 0.05) is 12.6 Å². The molecule has 0 aromatic rings. The van der Waals surface area contributed by atoms with Gasteiger partial charge in [-0.15, -0.1) is 0 Å². The Morgan fingerprint density at radius 1 is 1.21 bits per heavy atom. The van der Waals surface area contributed by atoms with Gasteiger partial charge in [-0.25, -0.2) is 9.59 Å². The molecule has 0 aliphatic rings. The molecule has 2 amide bonds. The fraction of sp³-hybridized carbons (Fsp3) is 0.846. The molecule has 0 aliphatic carbocycles. The number of carboxylic acid groups (broad SMARTS) is 1. The van der Waals surface area contributed by atoms with Crippen LogP contribution in [0.25, 0.3) is 0 Å². The van der Waals surface area contributed by atoms with Gasteiger partial charge in [0.2, 0.25) is 0 Å². The minimum atomic E-state index is -1.28. The van der Waals surface area contributed by atoms with Crippen molar-refractivity contribution in [3.8, 4) is 0 Å². The molecule has 0 fully saturated rings. The number of rotatable bonds is 8. The van der Waals surface area contributed by atoms with Crippen LogP contribution in [0.15, 0.2) is 0 Å². The van der Waals surface area contributed by atoms with Crippen molar-refractivity contribution < 1.29 is 19.8 Å². The molecule has 0 unspecified atom stereocenters. The minimum Gasteiger partial charge on any atom is -0.480 e. The first kappa shape index (κ1) is 17.7. The quantitative estimate of drug-likeness (QED) is 0.584. The third-order valence-electron chi connectivity index (χ3n) is 2.91. The number of carbonyl (C=O) groups excluding carboxylic acids is 1. The van der Waals surface area contributed by atoms with Gasteiger partial charge in [-0.05, 0) is 27.2 Å². The lowest BCUT2D eigenvalue weighted by molar-refractivity contribution is -0.141. The Bertz CT molecular complexity index is 292. The number of amides is 2. The lowest BCUT2D eigenvalue weighted by Crippen LogP contribution is -2.54. The molecule has 112 valence electrons. The highest BCUT2D eigenvalue weighted by Gasteiger charge is 2.27. The summed E-state index contributed by atoms with van der Waals surface area (Å²) < 4.78 is 0. The molecule has 0 spiro atoms. The number of hydrogen-bond donors (Lipinski definition) is 3. The number of aliphatic hydroxyl groups excluding tert-OH is 1. The van der Waals surface area contributed by atoms with E-state index in [1.165, 1.54) is 6.92 Å². The Labute approximate surface area is 114 Å². The molecule has 0 aromatic carbocycles. The zero-order valence-electron chi connectivity index (χ0n) is 12.2. The predicted molar refractivity (Wildman–Crippen MR) is 73.0 cm³/mol. The summed E-state index contributed by atoms with van der Waals surface area (Å²) in [5, 5.41) is 20.6. The van der Waals surface area contributed by atoms with Gasteiger partial charge in [0.25, 0.3) is 0 Å². The molecule has 0 rings (SSSR count). The van der Waals surface area contributed by atoms with Crippen LogP contribution in [0.1, 0.15) is 47.0 Å². The van der Waals surface area contributed by atoms with Crippen molar-refractivity contribution in [3.05, 3.63) is 0 Å². The summed E-state index contributed by atoms with van der Waals surface area (Å²) in [4.78, 5) is 24.6. The normalized spacial score (nSPS) is 14.0. The first-order valence-electron chi connectivity index (χ1n) is 6.79. The highest BCUT2D eigenvalue weighted by atomic mass is 16.4. The van der Waals surface area contributed by atoms with Crippen molar-refractivity contribution >= 4 is 12.0 Å². The largest absolute Gasteiger partial charge is 0.480 e. The number of aliphatic carboxylic acids is 1. The fourth-order valence-corrected chi connectivity index (χ4v) is 1.73. The van der Waals surface area contributed by atoms with Crippen molar-refractivity contribution in [3.63, 3.8) is 0 Å². The van der Waals surface area contributed by atoms with E-state index in [1.54, 1.807) is 4.90 Å². The van der Waals surface area contributed by atoms with Gasteiger partial charge in [-0.1, -0.05) is 19.8 Å². The Morgan fingerprint density at radius 3 is 2.16 bits per heavy atom. The lowest BCUT2D eigenvalue weighted by atomic mass is 10.2. The molecular weight excluding hydrogens is 248 g/mol. The Hall–Kier alpha value is -1.30. The standard InChI is InChI=1S/C13H26N2O4/c1-5-6-7-8-15(9(2)3)13(19)14-11(10(4)16)12(17)18/h9-11,16H,5-8H2,1-4H3,(H,14,19)(H,17,18)/t10-,11+/m1/s1. The first-order valence-corrected chi connectivity index (χ1v) is 6.79. The molecule has 0 saturated heterocycles. The fourth-order valence-electron chi connectivity index (χ4n) is 1.73. The van der Waals surface area contributed by atoms with E-state index in [-0.39, 0.29) is 6.04 Å². The van der Waals surface area contributed by atoms with Gasteiger partial charge in [-0.3, -0.25) is 0 Å². The maximum absolute atomic E-state index is 12.0. The molecule has 0 heterocycles. The average molecular weight is 274 g/mol. The zero-order valence-corrected chi connectivity index (χ0v) is 12.2. The van der Waals surface area contributed by atoms with Crippen LogP contribution in [0, 0.1) is 0 Å². The zero-order chi connectivity index (χ0) is 15.0. The van der Waals surface area contributed by atoms with Crippen LogP contribution in [0.4, 0.5) is 4.79 Å². The summed E-state index contributed by atoms with van der Waals surface area (Å²) in [5.41, 5.74) is 0. The van der Waals surface area contributed by atoms with Crippen molar-refractivity contribution in [2.45, 2.75) is 65.1 Å². The summed E-state index contributed by atoms with van der Waals surface area (Å²) in [5.74, 6) is -1.24. The number of urea groups is 1. The van der Waals surface area contributed by atoms with Crippen LogP contribution in [0.2, 0.25) is 0 Å². The highest BCUT2D eigenvalue weighted by Crippen LogP contribution is 2.05. The summed E-state index contributed by atoms with van der Waals surface area (Å²) in [6, 6.07) is -1.74. The van der Waals surface area contributed by atoms with Crippen LogP contribution < -0.4 is 5.32 Å². The Kier molecular flexibility index (Phi) is 8.14. The third-order valence-corrected chi connectivity index (χ3v) is 2.91. The van der Waals surface area contributed by atoms with E-state index in [0.717, 1.165) is 19.3 Å². The van der Waals surface area contributed by atoms with E-state index < -0.39 is 24.1 Å². The number of hydrogen-bond acceptors (Lipinski definition) is 3. The predicted octanol–water partition coefficient (Wildman–Crippen LogP) is 1.43. The third kappa shape index (κ3) is 6.42. The van der Waals surface area contributed by atoms with Gasteiger partial charge in [0.1, 0.15) is 0 Å². The van der Waals surface area contributed by atoms with Gasteiger partial charge in [0.05, 0.1) is 6.10 Å². The molecule has 0 aromatic heterocycles. The number of nitrogens with zero attached hydrogens (tertiary/aromatic N) is 1. The van der Waals surface area contributed by atoms with Crippen molar-refractivity contribution in [2.24, 2.45) is 0 Å². The Morgan fingerprint density at radius 2 is 1.79 bits per heavy atom. The molecule has 3 N–H and O–H groups in total. The van der Waals surface area contributed by atoms with E-state index in [9.17, 15) is 14.7 Å². The van der Waals surface area contributed by atoms with Gasteiger partial charge in [-0.2, -0.15) is 0 Å². The average Bonchev–Trinajstić information content (AvgIpc) is 2.30. The van der Waals surface area contributed by atoms with E-state index >= 15 is 0 Å². The topological polar surface area (TPSA) is 89.9 Å². The lowest BCUT2D eigenvalue weighted by Gasteiger charge is -2.29. The molecule has 19 heavy (non-hydrogen) atoms. The van der Waals surface area contributed by atoms with Crippen LogP contribution in [0.5, 0.6) is 0 Å². The molecule has 2 atom stereocenters. The summed E-state index contributed by atoms with van der Waals surface area (Å²) >= 11 is 0. The van der Waals surface area contributed by atoms with Gasteiger partial charge < -0.3 is 20.4 Å². The monoisotopic (exact) mass is 274 g/mol. The van der Waals surface area contributed by atoms with Crippen LogP contribution in [0.3, 0.4) is 0 Å². The van der Waals surface area contributed by atoms with Crippen LogP contribution in [-0.2, 0) is 4.79 Å². The van der Waals surface area contributed by atoms with Crippen LogP contribution in [-0.4, -0.2) is 51.8 Å². The summed E-state index contributed by atoms with van der Waals surface area (Å²) in [6.45, 7) is 7.76. The van der Waals surface area contributed by atoms with Gasteiger partial charge in [0.15, 0.2) is 6.04 Å². The number of aliphatic hydroxyl groups is 1.